The topological polar surface area (TPSA) is 94.8 Å². The van der Waals surface area contributed by atoms with Crippen molar-refractivity contribution in [3.05, 3.63) is 82.3 Å². The summed E-state index contributed by atoms with van der Waals surface area (Å²) in [4.78, 5) is 27.4. The van der Waals surface area contributed by atoms with Crippen molar-refractivity contribution < 1.29 is 19.1 Å². The smallest absolute Gasteiger partial charge is 0.257 e. The van der Waals surface area contributed by atoms with Crippen LogP contribution in [-0.2, 0) is 16.0 Å². The number of aryl methyl sites for hydroxylation is 2. The van der Waals surface area contributed by atoms with Gasteiger partial charge in [0, 0.05) is 35.6 Å². The molecule has 0 radical (unpaired) electrons. The number of amides is 2. The maximum Gasteiger partial charge on any atom is 0.257 e. The number of fused-ring (bicyclic) bond motifs is 1. The Balaban J connectivity index is 1.43. The number of anilines is 2. The van der Waals surface area contributed by atoms with Gasteiger partial charge in [0.1, 0.15) is 17.6 Å². The van der Waals surface area contributed by atoms with Gasteiger partial charge >= 0.3 is 0 Å². The van der Waals surface area contributed by atoms with Gasteiger partial charge in [-0.3, -0.25) is 9.59 Å². The second-order valence-corrected chi connectivity index (χ2v) is 9.55. The number of nitrogens with one attached hydrogen (secondary N) is 2. The second kappa shape index (κ2) is 9.58. The third-order valence-electron chi connectivity index (χ3n) is 6.83. The molecule has 2 aliphatic heterocycles. The first-order valence-corrected chi connectivity index (χ1v) is 12.2. The van der Waals surface area contributed by atoms with E-state index in [1.165, 1.54) is 12.0 Å². The molecule has 1 fully saturated rings. The molecular weight excluding hydrogens is 442 g/mol. The number of benzene rings is 2. The van der Waals surface area contributed by atoms with Crippen LogP contribution in [0.15, 0.2) is 52.9 Å². The monoisotopic (exact) mass is 473 g/mol. The van der Waals surface area contributed by atoms with Gasteiger partial charge in [0.15, 0.2) is 6.10 Å². The summed E-state index contributed by atoms with van der Waals surface area (Å²) >= 11 is 0. The molecule has 2 unspecified atom stereocenters. The van der Waals surface area contributed by atoms with Crippen molar-refractivity contribution in [1.82, 2.24) is 5.32 Å². The average molecular weight is 474 g/mol. The Morgan fingerprint density at radius 2 is 1.91 bits per heavy atom. The average Bonchev–Trinajstić information content (AvgIpc) is 3.41. The Kier molecular flexibility index (Phi) is 6.34. The van der Waals surface area contributed by atoms with Crippen LogP contribution in [0.25, 0.3) is 0 Å². The van der Waals surface area contributed by atoms with Crippen LogP contribution in [0.4, 0.5) is 11.4 Å². The predicted molar refractivity (Wildman–Crippen MR) is 134 cm³/mol. The summed E-state index contributed by atoms with van der Waals surface area (Å²) in [5.41, 5.74) is 5.14. The fourth-order valence-electron chi connectivity index (χ4n) is 5.02. The van der Waals surface area contributed by atoms with Crippen LogP contribution in [-0.4, -0.2) is 30.0 Å². The Labute approximate surface area is 205 Å². The summed E-state index contributed by atoms with van der Waals surface area (Å²) in [6.45, 7) is 5.98. The first kappa shape index (κ1) is 23.2. The number of piperidine rings is 1. The van der Waals surface area contributed by atoms with E-state index in [4.69, 9.17) is 4.42 Å². The summed E-state index contributed by atoms with van der Waals surface area (Å²) < 4.78 is 6.00. The normalized spacial score (nSPS) is 18.2. The van der Waals surface area contributed by atoms with Gasteiger partial charge in [-0.2, -0.15) is 0 Å². The van der Waals surface area contributed by atoms with Crippen LogP contribution in [0.3, 0.4) is 0 Å². The lowest BCUT2D eigenvalue weighted by molar-refractivity contribution is -0.123. The predicted octanol–water partition coefficient (Wildman–Crippen LogP) is 4.32. The minimum atomic E-state index is -1.20. The zero-order valence-corrected chi connectivity index (χ0v) is 20.1. The van der Waals surface area contributed by atoms with E-state index < -0.39 is 18.1 Å². The number of furan rings is 1. The molecule has 182 valence electrons. The molecule has 3 N–H and O–H groups in total. The number of hydrogen-bond donors (Lipinski definition) is 3. The second-order valence-electron chi connectivity index (χ2n) is 9.55. The first-order valence-electron chi connectivity index (χ1n) is 12.2. The SMILES string of the molecule is Cc1ccc(C(NC(=O)Cc2ccc3c(c2)C(O)C(=O)N3)c2ccc(C)o2)c(N2CCCCC2)c1. The molecule has 2 atom stereocenters. The van der Waals surface area contributed by atoms with Gasteiger partial charge < -0.3 is 25.1 Å². The summed E-state index contributed by atoms with van der Waals surface area (Å²) in [5.74, 6) is 0.869. The zero-order valence-electron chi connectivity index (χ0n) is 20.1. The van der Waals surface area contributed by atoms with Gasteiger partial charge in [-0.25, -0.2) is 0 Å². The van der Waals surface area contributed by atoms with Gasteiger partial charge in [0.2, 0.25) is 5.91 Å². The molecule has 2 aliphatic rings. The molecule has 0 bridgehead atoms. The molecule has 7 nitrogen and oxygen atoms in total. The molecule has 3 heterocycles. The van der Waals surface area contributed by atoms with Gasteiger partial charge in [-0.1, -0.05) is 24.3 Å². The van der Waals surface area contributed by atoms with Crippen molar-refractivity contribution in [1.29, 1.82) is 0 Å². The number of nitrogens with zero attached hydrogens (tertiary/aromatic N) is 1. The number of rotatable bonds is 6. The van der Waals surface area contributed by atoms with Crippen molar-refractivity contribution in [3.63, 3.8) is 0 Å². The standard InChI is InChI=1S/C28H31N3O4/c1-17-6-9-20(23(14-17)31-12-4-3-5-13-31)26(24-11-7-18(2)35-24)30-25(32)16-19-8-10-22-21(15-19)27(33)28(34)29-22/h6-11,14-15,26-27,33H,3-5,12-13,16H2,1-2H3,(H,29,34)(H,30,32). The highest BCUT2D eigenvalue weighted by Gasteiger charge is 2.29. The summed E-state index contributed by atoms with van der Waals surface area (Å²) in [6, 6.07) is 15.0. The zero-order chi connectivity index (χ0) is 24.5. The van der Waals surface area contributed by atoms with E-state index in [9.17, 15) is 14.7 Å². The van der Waals surface area contributed by atoms with Crippen molar-refractivity contribution in [2.24, 2.45) is 0 Å². The highest BCUT2D eigenvalue weighted by atomic mass is 16.3. The molecule has 0 aliphatic carbocycles. The van der Waals surface area contributed by atoms with E-state index in [0.717, 1.165) is 48.5 Å². The molecule has 1 saturated heterocycles. The number of carbonyl (C=O) groups excluding carboxylic acids is 2. The number of aliphatic hydroxyl groups is 1. The molecule has 1 aromatic heterocycles. The van der Waals surface area contributed by atoms with Crippen molar-refractivity contribution >= 4 is 23.2 Å². The van der Waals surface area contributed by atoms with E-state index in [1.54, 1.807) is 18.2 Å². The van der Waals surface area contributed by atoms with Crippen molar-refractivity contribution in [2.75, 3.05) is 23.3 Å². The molecule has 0 saturated carbocycles. The Bertz CT molecular complexity index is 1260. The van der Waals surface area contributed by atoms with Crippen LogP contribution in [0, 0.1) is 13.8 Å². The van der Waals surface area contributed by atoms with Crippen LogP contribution in [0.2, 0.25) is 0 Å². The number of carbonyl (C=O) groups is 2. The lowest BCUT2D eigenvalue weighted by Gasteiger charge is -2.32. The Morgan fingerprint density at radius 1 is 1.11 bits per heavy atom. The van der Waals surface area contributed by atoms with Crippen LogP contribution < -0.4 is 15.5 Å². The van der Waals surface area contributed by atoms with Gasteiger partial charge in [0.25, 0.3) is 5.91 Å². The quantitative estimate of drug-likeness (QED) is 0.496. The molecule has 2 aromatic carbocycles. The lowest BCUT2D eigenvalue weighted by Crippen LogP contribution is -2.34. The third-order valence-corrected chi connectivity index (χ3v) is 6.83. The van der Waals surface area contributed by atoms with E-state index >= 15 is 0 Å². The lowest BCUT2D eigenvalue weighted by atomic mass is 9.97. The van der Waals surface area contributed by atoms with E-state index in [-0.39, 0.29) is 12.3 Å². The minimum Gasteiger partial charge on any atom is -0.464 e. The highest BCUT2D eigenvalue weighted by Crippen LogP contribution is 2.35. The largest absolute Gasteiger partial charge is 0.464 e. The summed E-state index contributed by atoms with van der Waals surface area (Å²) in [6.07, 6.45) is 2.48. The van der Waals surface area contributed by atoms with Gasteiger partial charge in [-0.05, 0) is 68.5 Å². The molecule has 2 amide bonds. The highest BCUT2D eigenvalue weighted by molar-refractivity contribution is 6.01. The maximum atomic E-state index is 13.3. The Morgan fingerprint density at radius 3 is 2.66 bits per heavy atom. The number of aliphatic hydroxyl groups excluding tert-OH is 1. The van der Waals surface area contributed by atoms with Crippen molar-refractivity contribution in [3.8, 4) is 0 Å². The van der Waals surface area contributed by atoms with E-state index in [0.29, 0.717) is 17.0 Å². The minimum absolute atomic E-state index is 0.120. The molecule has 0 spiro atoms. The van der Waals surface area contributed by atoms with Crippen molar-refractivity contribution in [2.45, 2.75) is 51.7 Å². The number of hydrogen-bond acceptors (Lipinski definition) is 5. The van der Waals surface area contributed by atoms with Crippen LogP contribution in [0.5, 0.6) is 0 Å². The molecule has 5 rings (SSSR count). The maximum absolute atomic E-state index is 13.3. The molecule has 35 heavy (non-hydrogen) atoms. The first-order chi connectivity index (χ1) is 16.9. The molecule has 3 aromatic rings. The van der Waals surface area contributed by atoms with E-state index in [1.807, 2.05) is 19.1 Å². The molecular formula is C28H31N3O4. The third kappa shape index (κ3) is 4.82. The fraction of sp³-hybridized carbons (Fsp3) is 0.357. The Hall–Kier alpha value is -3.58. The van der Waals surface area contributed by atoms with Gasteiger partial charge in [0.05, 0.1) is 6.42 Å². The van der Waals surface area contributed by atoms with Gasteiger partial charge in [-0.15, -0.1) is 0 Å². The van der Waals surface area contributed by atoms with E-state index in [2.05, 4.69) is 40.7 Å². The molecule has 7 heteroatoms. The van der Waals surface area contributed by atoms with Crippen LogP contribution >= 0.6 is 0 Å². The van der Waals surface area contributed by atoms with Crippen LogP contribution in [0.1, 0.15) is 65.2 Å². The summed E-state index contributed by atoms with van der Waals surface area (Å²) in [7, 11) is 0. The summed E-state index contributed by atoms with van der Waals surface area (Å²) in [5, 5.41) is 15.9. The fourth-order valence-corrected chi connectivity index (χ4v) is 5.02.